The molecule has 0 aromatic carbocycles. The first-order valence-corrected chi connectivity index (χ1v) is 42.8. The van der Waals surface area contributed by atoms with Gasteiger partial charge in [-0.05, 0) is 315 Å². The summed E-state index contributed by atoms with van der Waals surface area (Å²) in [5.74, 6) is 7.39. The maximum absolute atomic E-state index is 4.68. The molecule has 2 aliphatic carbocycles. The van der Waals surface area contributed by atoms with Crippen molar-refractivity contribution in [1.29, 1.82) is 0 Å². The van der Waals surface area contributed by atoms with Gasteiger partial charge in [0, 0.05) is 0 Å². The third-order valence-electron chi connectivity index (χ3n) is 15.5. The molecular weight excluding hydrogens is 1360 g/mol. The number of hydrogen-bond donors (Lipinski definition) is 9. The number of hydrogen-bond acceptors (Lipinski definition) is 0. The Kier molecular flexibility index (Phi) is 65.5. The van der Waals surface area contributed by atoms with E-state index in [4.69, 9.17) is 0 Å². The predicted molar refractivity (Wildman–Crippen MR) is 493 cm³/mol. The van der Waals surface area contributed by atoms with Crippen molar-refractivity contribution < 1.29 is 32.9 Å². The minimum absolute atomic E-state index is 0.379. The SMILES string of the molecule is C=CC[N+](=C(N=C(C)C)NC(C)C)C(C)C.CC(C)=NC(NC(C)C)=[N+](C(C)C)C(C)C.CC(C)=NC(NC(C)C)=[N+](C)C(C)C.CC(C)=NC(NC(C)C)=[N+](CC(C)C)C(C)C.CC(C)=NC(NC(C)C)=[NH+]C(C)C.CC(C)=NC(NC1CCCCC1)=[NH+]C1CCCCC1.CC[N+](=C(N=C(C)C)NC(C)C)C(C)C. The van der Waals surface area contributed by atoms with Crippen molar-refractivity contribution in [3.05, 3.63) is 12.7 Å². The van der Waals surface area contributed by atoms with E-state index in [1.807, 2.05) is 89.2 Å². The summed E-state index contributed by atoms with van der Waals surface area (Å²) in [6, 6.07) is 6.77. The summed E-state index contributed by atoms with van der Waals surface area (Å²) >= 11 is 0. The van der Waals surface area contributed by atoms with Gasteiger partial charge in [-0.15, -0.1) is 0 Å². The van der Waals surface area contributed by atoms with Crippen molar-refractivity contribution in [1.82, 2.24) is 37.2 Å². The fourth-order valence-corrected chi connectivity index (χ4v) is 11.1. The summed E-state index contributed by atoms with van der Waals surface area (Å²) in [4.78, 5) is 38.8. The van der Waals surface area contributed by atoms with Crippen molar-refractivity contribution in [2.75, 3.05) is 26.7 Å². The second-order valence-electron chi connectivity index (χ2n) is 35.1. The van der Waals surface area contributed by atoms with E-state index >= 15 is 0 Å². The van der Waals surface area contributed by atoms with Gasteiger partial charge < -0.3 is 0 Å². The van der Waals surface area contributed by atoms with Gasteiger partial charge in [-0.3, -0.25) is 70.1 Å². The van der Waals surface area contributed by atoms with Gasteiger partial charge in [0.15, 0.2) is 0 Å². The van der Waals surface area contributed by atoms with Crippen LogP contribution in [0.5, 0.6) is 0 Å². The number of nitrogens with one attached hydrogen (secondary N) is 9. The zero-order valence-corrected chi connectivity index (χ0v) is 80.6. The van der Waals surface area contributed by atoms with Crippen molar-refractivity contribution in [3.63, 3.8) is 0 Å². The van der Waals surface area contributed by atoms with Crippen LogP contribution in [0.15, 0.2) is 47.6 Å². The molecule has 0 unspecified atom stereocenters. The van der Waals surface area contributed by atoms with Crippen LogP contribution >= 0.6 is 0 Å². The van der Waals surface area contributed by atoms with E-state index in [0.29, 0.717) is 96.5 Å². The monoisotopic (exact) mass is 1550 g/mol. The highest BCUT2D eigenvalue weighted by atomic mass is 15.3. The average Bonchev–Trinajstić information content (AvgIpc) is 0.899. The molecule has 0 amide bonds. The lowest BCUT2D eigenvalue weighted by atomic mass is 9.95. The van der Waals surface area contributed by atoms with Gasteiger partial charge in [-0.1, -0.05) is 100.0 Å². The highest BCUT2D eigenvalue weighted by Gasteiger charge is 2.25. The summed E-state index contributed by atoms with van der Waals surface area (Å²) in [5.41, 5.74) is 7.55. The number of nitrogens with zero attached hydrogens (tertiary/aromatic N) is 12. The molecule has 0 heterocycles. The van der Waals surface area contributed by atoms with Crippen molar-refractivity contribution in [3.8, 4) is 0 Å². The van der Waals surface area contributed by atoms with E-state index in [1.54, 1.807) is 0 Å². The highest BCUT2D eigenvalue weighted by molar-refractivity contribution is 5.96. The Morgan fingerprint density at radius 3 is 0.973 bits per heavy atom. The van der Waals surface area contributed by atoms with Crippen LogP contribution in [0.4, 0.5) is 0 Å². The second-order valence-corrected chi connectivity index (χ2v) is 35.1. The Balaban J connectivity index is -0.000000391. The van der Waals surface area contributed by atoms with E-state index in [0.717, 1.165) is 101 Å². The van der Waals surface area contributed by atoms with Crippen LogP contribution in [-0.4, -0.2) is 222 Å². The Hall–Kier alpha value is -6.28. The van der Waals surface area contributed by atoms with Crippen LogP contribution in [0.3, 0.4) is 0 Å². The first kappa shape index (κ1) is 112. The van der Waals surface area contributed by atoms with E-state index in [-0.39, 0.29) is 0 Å². The lowest BCUT2D eigenvalue weighted by Gasteiger charge is -2.21. The molecule has 21 nitrogen and oxygen atoms in total. The standard InChI is InChI=1S/C16H29N3.C14H29N3.C13H27N3.C13H25N3.C12H25N3.C11H23N3.C10H21N3/c1-13(2)17-16(18-14-9-5-3-6-10-14)19-15-11-7-4-8-12-15;1-10(2)9-17(13(7)8)14(15-11(3)4)16-12(5)6;1-9(2)14-13(15-10(3)4)16(11(5)6)12(7)8;1-8-9-16(12(6)7)13(14-10(2)3)15-11(4)5;1-8-15(11(6)7)12(13-9(2)3)14-10(4)5;1-8(2)12-11(13-9(3)4)14(7)10(5)6;1-7(2)11-10(12-8(3)4)13-9(5)6/h14-15H,3-12H2,1-2H3,(H,18,19);10-11,13H,9H2,1-8H3;9,11-12H,1-8H3;8,10,12H,1,9H2,2-7H3;9,11H,8H2,1-7H3;8,10H,1-7H3;7-8H,1-6H3,(H,11,12)/p+7. The van der Waals surface area contributed by atoms with E-state index in [9.17, 15) is 0 Å². The maximum Gasteiger partial charge on any atom is 0.387 e. The molecule has 0 atom stereocenters. The number of aliphatic imine (C=N–C) groups is 7. The summed E-state index contributed by atoms with van der Waals surface area (Å²) in [6.45, 7) is 97.5. The molecule has 0 radical (unpaired) electrons. The lowest BCUT2D eigenvalue weighted by Crippen LogP contribution is -2.82. The maximum atomic E-state index is 4.68. The molecule has 21 heteroatoms. The minimum Gasteiger partial charge on any atom is -0.273 e. The largest absolute Gasteiger partial charge is 0.387 e. The molecule has 0 bridgehead atoms. The van der Waals surface area contributed by atoms with Crippen LogP contribution in [0.2, 0.25) is 0 Å². The highest BCUT2D eigenvalue weighted by Crippen LogP contribution is 2.18. The van der Waals surface area contributed by atoms with E-state index < -0.39 is 0 Å². The molecule has 0 aromatic rings. The second kappa shape index (κ2) is 64.1. The summed E-state index contributed by atoms with van der Waals surface area (Å²) in [5, 5.41) is 23.9. The molecule has 110 heavy (non-hydrogen) atoms. The third kappa shape index (κ3) is 64.3. The summed E-state index contributed by atoms with van der Waals surface area (Å²) < 4.78 is 11.3. The van der Waals surface area contributed by atoms with Crippen LogP contribution < -0.4 is 47.2 Å². The van der Waals surface area contributed by atoms with Crippen LogP contribution in [0.25, 0.3) is 0 Å². The van der Waals surface area contributed by atoms with Crippen LogP contribution in [-0.2, 0) is 0 Å². The number of guanidine groups is 7. The third-order valence-corrected chi connectivity index (χ3v) is 15.5. The first-order valence-electron chi connectivity index (χ1n) is 42.8. The Morgan fingerprint density at radius 1 is 0.364 bits per heavy atom. The normalized spacial score (nSPS) is 14.3. The van der Waals surface area contributed by atoms with E-state index in [2.05, 4.69) is 333 Å². The molecule has 0 spiro atoms. The fourth-order valence-electron chi connectivity index (χ4n) is 11.1. The van der Waals surface area contributed by atoms with Gasteiger partial charge in [0.25, 0.3) is 0 Å². The van der Waals surface area contributed by atoms with Gasteiger partial charge >= 0.3 is 41.7 Å². The molecule has 2 saturated carbocycles. The molecule has 9 N–H and O–H groups in total. The van der Waals surface area contributed by atoms with E-state index in [1.165, 1.54) is 64.2 Å². The van der Waals surface area contributed by atoms with Crippen molar-refractivity contribution in [2.45, 2.75) is 453 Å². The van der Waals surface area contributed by atoms with Gasteiger partial charge in [-0.2, -0.15) is 0 Å². The van der Waals surface area contributed by atoms with Crippen molar-refractivity contribution in [2.24, 2.45) is 40.9 Å². The zero-order valence-electron chi connectivity index (χ0n) is 80.6. The first-order chi connectivity index (χ1) is 50.7. The molecule has 2 fully saturated rings. The van der Waals surface area contributed by atoms with Crippen LogP contribution in [0, 0.1) is 5.92 Å². The molecule has 2 rings (SSSR count). The van der Waals surface area contributed by atoms with Gasteiger partial charge in [0.05, 0.1) is 157 Å². The van der Waals surface area contributed by atoms with Gasteiger partial charge in [0.2, 0.25) is 0 Å². The number of rotatable bonds is 20. The zero-order chi connectivity index (χ0) is 86.4. The molecule has 640 valence electrons. The fraction of sp³-hybridized carbons (Fsp3) is 0.820. The molecule has 0 aliphatic heterocycles. The predicted octanol–water partition coefficient (Wildman–Crippen LogP) is 14.6. The minimum atomic E-state index is 0.379. The Bertz CT molecular complexity index is 2920. The Morgan fingerprint density at radius 2 is 0.673 bits per heavy atom. The van der Waals surface area contributed by atoms with Gasteiger partial charge in [-0.25, -0.2) is 0 Å². The Labute approximate surface area is 681 Å². The summed E-state index contributed by atoms with van der Waals surface area (Å²) in [6.07, 6.45) is 15.4. The average molecular weight is 1550 g/mol. The van der Waals surface area contributed by atoms with Crippen molar-refractivity contribution >= 4 is 81.7 Å². The van der Waals surface area contributed by atoms with Crippen LogP contribution in [0.1, 0.15) is 362 Å². The molecule has 0 saturated heterocycles. The van der Waals surface area contributed by atoms with Gasteiger partial charge in [0.1, 0.15) is 0 Å². The molecular formula is C89H186N21+7. The molecule has 0 aromatic heterocycles. The topological polar surface area (TPSA) is 214 Å². The smallest absolute Gasteiger partial charge is 0.273 e. The summed E-state index contributed by atoms with van der Waals surface area (Å²) in [7, 11) is 2.06. The lowest BCUT2D eigenvalue weighted by molar-refractivity contribution is -0.590. The molecule has 2 aliphatic rings. The quantitative estimate of drug-likeness (QED) is 0.0249.